The first-order valence-corrected chi connectivity index (χ1v) is 6.86. The van der Waals surface area contributed by atoms with Crippen LogP contribution in [0.3, 0.4) is 0 Å². The van der Waals surface area contributed by atoms with E-state index in [0.717, 1.165) is 4.47 Å². The van der Waals surface area contributed by atoms with Gasteiger partial charge in [0.05, 0.1) is 5.56 Å². The monoisotopic (exact) mass is 338 g/mol. The third kappa shape index (κ3) is 4.61. The lowest BCUT2D eigenvalue weighted by Gasteiger charge is -2.22. The van der Waals surface area contributed by atoms with Crippen molar-refractivity contribution in [3.8, 4) is 0 Å². The lowest BCUT2D eigenvalue weighted by molar-refractivity contribution is 0.0973. The second-order valence-corrected chi connectivity index (χ2v) is 4.96. The summed E-state index contributed by atoms with van der Waals surface area (Å²) in [4.78, 5) is 13.9. The zero-order chi connectivity index (χ0) is 14.3. The summed E-state index contributed by atoms with van der Waals surface area (Å²) in [6, 6.07) is 7.19. The topological polar surface area (TPSA) is 32.3 Å². The molecule has 0 aromatic heterocycles. The van der Waals surface area contributed by atoms with Crippen molar-refractivity contribution in [2.45, 2.75) is 0 Å². The summed E-state index contributed by atoms with van der Waals surface area (Å²) in [5.74, 6) is -0.240. The van der Waals surface area contributed by atoms with Crippen LogP contribution in [0.4, 0.5) is 0 Å². The predicted octanol–water partition coefficient (Wildman–Crippen LogP) is 3.14. The van der Waals surface area contributed by atoms with Crippen molar-refractivity contribution in [3.63, 3.8) is 0 Å². The molecule has 0 saturated carbocycles. The summed E-state index contributed by atoms with van der Waals surface area (Å²) < 4.78 is 0.731. The van der Waals surface area contributed by atoms with Crippen LogP contribution in [0.1, 0.15) is 10.4 Å². The molecular formula is C14H15BrN2OS. The third-order valence-corrected chi connectivity index (χ3v) is 3.38. The Morgan fingerprint density at radius 2 is 1.89 bits per heavy atom. The highest BCUT2D eigenvalue weighted by Crippen LogP contribution is 2.15. The Balaban J connectivity index is 2.75. The number of halogens is 1. The lowest BCUT2D eigenvalue weighted by Crippen LogP contribution is -2.42. The van der Waals surface area contributed by atoms with Gasteiger partial charge in [-0.3, -0.25) is 10.1 Å². The largest absolute Gasteiger partial charge is 0.342 e. The molecule has 100 valence electrons. The minimum atomic E-state index is -0.240. The molecule has 0 saturated heterocycles. The highest BCUT2D eigenvalue weighted by Gasteiger charge is 2.13. The van der Waals surface area contributed by atoms with Crippen LogP contribution in [0.25, 0.3) is 0 Å². The Kier molecular flexibility index (Phi) is 6.45. The number of carbonyl (C=O) groups excluding carboxylic acids is 1. The van der Waals surface area contributed by atoms with Crippen molar-refractivity contribution in [1.82, 2.24) is 10.2 Å². The molecule has 0 unspecified atom stereocenters. The summed E-state index contributed by atoms with van der Waals surface area (Å²) in [7, 11) is 0. The van der Waals surface area contributed by atoms with Gasteiger partial charge in [0.25, 0.3) is 5.91 Å². The second-order valence-electron chi connectivity index (χ2n) is 3.72. The molecule has 3 nitrogen and oxygen atoms in total. The maximum absolute atomic E-state index is 12.1. The van der Waals surface area contributed by atoms with Gasteiger partial charge in [0.1, 0.15) is 0 Å². The Labute approximate surface area is 127 Å². The van der Waals surface area contributed by atoms with Gasteiger partial charge in [-0.25, -0.2) is 0 Å². The van der Waals surface area contributed by atoms with Crippen LogP contribution < -0.4 is 5.32 Å². The Bertz CT molecular complexity index is 492. The molecule has 19 heavy (non-hydrogen) atoms. The Morgan fingerprint density at radius 3 is 2.42 bits per heavy atom. The zero-order valence-electron chi connectivity index (χ0n) is 10.4. The molecule has 0 spiro atoms. The van der Waals surface area contributed by atoms with E-state index in [2.05, 4.69) is 34.4 Å². The summed E-state index contributed by atoms with van der Waals surface area (Å²) in [6.07, 6.45) is 3.45. The number of nitrogens with one attached hydrogen (secondary N) is 1. The highest BCUT2D eigenvalue weighted by molar-refractivity contribution is 9.10. The number of rotatable bonds is 5. The number of benzene rings is 1. The van der Waals surface area contributed by atoms with Crippen molar-refractivity contribution < 1.29 is 4.79 Å². The number of carbonyl (C=O) groups is 1. The number of hydrogen-bond acceptors (Lipinski definition) is 2. The molecule has 0 atom stereocenters. The average molecular weight is 339 g/mol. The molecule has 1 aromatic carbocycles. The fraction of sp³-hybridized carbons (Fsp3) is 0.143. The molecule has 0 fully saturated rings. The molecule has 5 heteroatoms. The predicted molar refractivity (Wildman–Crippen MR) is 86.2 cm³/mol. The molecule has 0 aliphatic heterocycles. The minimum Gasteiger partial charge on any atom is -0.342 e. The summed E-state index contributed by atoms with van der Waals surface area (Å²) in [5, 5.41) is 3.06. The number of hydrogen-bond donors (Lipinski definition) is 1. The van der Waals surface area contributed by atoms with Crippen LogP contribution in [0, 0.1) is 0 Å². The first-order valence-electron chi connectivity index (χ1n) is 5.66. The van der Waals surface area contributed by atoms with Crippen LogP contribution in [0.2, 0.25) is 0 Å². The van der Waals surface area contributed by atoms with E-state index in [1.807, 2.05) is 12.1 Å². The molecule has 1 amide bonds. The van der Waals surface area contributed by atoms with Gasteiger partial charge in [-0.2, -0.15) is 0 Å². The van der Waals surface area contributed by atoms with Gasteiger partial charge in [-0.15, -0.1) is 13.2 Å². The standard InChI is InChI=1S/C14H15BrN2OS/c1-3-9-17(10-4-2)14(19)16-13(18)11-7-5-6-8-12(11)15/h3-8H,1-2,9-10H2,(H,16,18,19). The molecule has 0 radical (unpaired) electrons. The summed E-state index contributed by atoms with van der Waals surface area (Å²) >= 11 is 8.54. The fourth-order valence-electron chi connectivity index (χ4n) is 1.44. The second kappa shape index (κ2) is 7.86. The Morgan fingerprint density at radius 1 is 1.32 bits per heavy atom. The van der Waals surface area contributed by atoms with Gasteiger partial charge in [-0.1, -0.05) is 24.3 Å². The van der Waals surface area contributed by atoms with E-state index in [1.165, 1.54) is 0 Å². The van der Waals surface area contributed by atoms with E-state index >= 15 is 0 Å². The smallest absolute Gasteiger partial charge is 0.258 e. The average Bonchev–Trinajstić information content (AvgIpc) is 2.38. The molecule has 1 rings (SSSR count). The minimum absolute atomic E-state index is 0.240. The molecular weight excluding hydrogens is 324 g/mol. The fourth-order valence-corrected chi connectivity index (χ4v) is 2.15. The van der Waals surface area contributed by atoms with Crippen molar-refractivity contribution in [2.75, 3.05) is 13.1 Å². The van der Waals surface area contributed by atoms with Gasteiger partial charge < -0.3 is 4.90 Å². The number of amides is 1. The van der Waals surface area contributed by atoms with Crippen LogP contribution in [0.15, 0.2) is 54.0 Å². The first kappa shape index (κ1) is 15.6. The molecule has 0 heterocycles. The van der Waals surface area contributed by atoms with E-state index in [-0.39, 0.29) is 5.91 Å². The van der Waals surface area contributed by atoms with Crippen molar-refractivity contribution in [1.29, 1.82) is 0 Å². The van der Waals surface area contributed by atoms with Crippen LogP contribution in [-0.2, 0) is 0 Å². The number of thiocarbonyl (C=S) groups is 1. The summed E-state index contributed by atoms with van der Waals surface area (Å²) in [6.45, 7) is 8.43. The van der Waals surface area contributed by atoms with Crippen LogP contribution in [0.5, 0.6) is 0 Å². The molecule has 0 bridgehead atoms. The Hall–Kier alpha value is -1.46. The quantitative estimate of drug-likeness (QED) is 0.661. The lowest BCUT2D eigenvalue weighted by atomic mass is 10.2. The molecule has 1 N–H and O–H groups in total. The SMILES string of the molecule is C=CCN(CC=C)C(=S)NC(=O)c1ccccc1Br. The first-order chi connectivity index (χ1) is 9.10. The van der Waals surface area contributed by atoms with E-state index in [1.54, 1.807) is 29.2 Å². The van der Waals surface area contributed by atoms with Gasteiger partial charge in [-0.05, 0) is 40.3 Å². The highest BCUT2D eigenvalue weighted by atomic mass is 79.9. The number of nitrogens with zero attached hydrogens (tertiary/aromatic N) is 1. The van der Waals surface area contributed by atoms with Crippen molar-refractivity contribution >= 4 is 39.2 Å². The van der Waals surface area contributed by atoms with Gasteiger partial charge in [0, 0.05) is 17.6 Å². The maximum Gasteiger partial charge on any atom is 0.258 e. The molecule has 0 aliphatic carbocycles. The zero-order valence-corrected chi connectivity index (χ0v) is 12.8. The van der Waals surface area contributed by atoms with E-state index in [4.69, 9.17) is 12.2 Å². The van der Waals surface area contributed by atoms with E-state index in [0.29, 0.717) is 23.8 Å². The van der Waals surface area contributed by atoms with Crippen molar-refractivity contribution in [3.05, 3.63) is 59.6 Å². The van der Waals surface area contributed by atoms with Crippen LogP contribution in [-0.4, -0.2) is 29.0 Å². The van der Waals surface area contributed by atoms with Gasteiger partial charge in [0.15, 0.2) is 5.11 Å². The van der Waals surface area contributed by atoms with E-state index in [9.17, 15) is 4.79 Å². The third-order valence-electron chi connectivity index (χ3n) is 2.33. The van der Waals surface area contributed by atoms with Gasteiger partial charge >= 0.3 is 0 Å². The maximum atomic E-state index is 12.1. The van der Waals surface area contributed by atoms with Crippen molar-refractivity contribution in [2.24, 2.45) is 0 Å². The van der Waals surface area contributed by atoms with Gasteiger partial charge in [0.2, 0.25) is 0 Å². The van der Waals surface area contributed by atoms with Crippen LogP contribution >= 0.6 is 28.1 Å². The molecule has 0 aliphatic rings. The normalized spacial score (nSPS) is 9.53. The van der Waals surface area contributed by atoms with E-state index < -0.39 is 0 Å². The summed E-state index contributed by atoms with van der Waals surface area (Å²) in [5.41, 5.74) is 0.544. The molecule has 1 aromatic rings.